The molecule has 4 atom stereocenters. The second kappa shape index (κ2) is 17.6. The van der Waals surface area contributed by atoms with Crippen molar-refractivity contribution in [2.75, 3.05) is 46.4 Å². The summed E-state index contributed by atoms with van der Waals surface area (Å²) in [6.07, 6.45) is 1.75. The molecule has 0 aliphatic heterocycles. The van der Waals surface area contributed by atoms with Gasteiger partial charge in [-0.1, -0.05) is 87.4 Å². The van der Waals surface area contributed by atoms with E-state index in [4.69, 9.17) is 23.5 Å². The topological polar surface area (TPSA) is 144 Å². The quantitative estimate of drug-likeness (QED) is 0.0607. The number of aromatic nitrogens is 1. The van der Waals surface area contributed by atoms with Gasteiger partial charge in [0.2, 0.25) is 11.6 Å². The van der Waals surface area contributed by atoms with Gasteiger partial charge in [-0.3, -0.25) is 14.5 Å². The first-order chi connectivity index (χ1) is 28.5. The first-order valence-corrected chi connectivity index (χ1v) is 20.4. The number of Topliss-reactive ketones (excluding diaryl/α,β-unsaturated/α-hetero) is 2. The molecule has 13 heteroatoms. The van der Waals surface area contributed by atoms with Gasteiger partial charge < -0.3 is 38.6 Å². The summed E-state index contributed by atoms with van der Waals surface area (Å²) in [7, 11) is 6.38. The number of halogens is 1. The van der Waals surface area contributed by atoms with E-state index in [1.807, 2.05) is 79.4 Å². The van der Waals surface area contributed by atoms with E-state index >= 15 is 9.18 Å². The number of carbonyl (C=O) groups is 2. The van der Waals surface area contributed by atoms with E-state index in [1.165, 1.54) is 14.2 Å². The maximum atomic E-state index is 17.9. The predicted octanol–water partition coefficient (Wildman–Crippen LogP) is 7.93. The molecule has 1 aromatic heterocycles. The summed E-state index contributed by atoms with van der Waals surface area (Å²) < 4.78 is 47.7. The lowest BCUT2D eigenvalue weighted by molar-refractivity contribution is -0.142. The number of nitrogens with zero attached hydrogens (tertiary/aromatic N) is 3. The van der Waals surface area contributed by atoms with Gasteiger partial charge in [0.1, 0.15) is 17.1 Å². The molecule has 3 aliphatic carbocycles. The van der Waals surface area contributed by atoms with Crippen molar-refractivity contribution in [2.24, 2.45) is 11.8 Å². The van der Waals surface area contributed by atoms with Crippen LogP contribution in [0.2, 0.25) is 0 Å². The van der Waals surface area contributed by atoms with Crippen LogP contribution in [0.5, 0.6) is 11.6 Å². The molecule has 1 saturated carbocycles. The third kappa shape index (κ3) is 7.43. The van der Waals surface area contributed by atoms with Gasteiger partial charge in [-0.2, -0.15) is 0 Å². The zero-order chi connectivity index (χ0) is 42.0. The van der Waals surface area contributed by atoms with Gasteiger partial charge in [-0.05, 0) is 62.0 Å². The number of aliphatic hydroxyl groups excluding tert-OH is 1. The lowest BCUT2D eigenvalue weighted by Gasteiger charge is -2.49. The number of rotatable bonds is 17. The van der Waals surface area contributed by atoms with Crippen molar-refractivity contribution in [1.82, 2.24) is 10.1 Å². The Hall–Kier alpha value is -5.08. The Morgan fingerprint density at radius 1 is 0.898 bits per heavy atom. The van der Waals surface area contributed by atoms with Crippen LogP contribution >= 0.6 is 0 Å². The Morgan fingerprint density at radius 3 is 2.05 bits per heavy atom. The number of aliphatic hydroxyl groups is 2. The second-order valence-corrected chi connectivity index (χ2v) is 15.9. The molecule has 2 N–H and O–H groups in total. The summed E-state index contributed by atoms with van der Waals surface area (Å²) in [5.74, 6) is -4.63. The molecule has 1 fully saturated rings. The maximum absolute atomic E-state index is 17.9. The van der Waals surface area contributed by atoms with Crippen LogP contribution in [0.4, 0.5) is 10.1 Å². The highest BCUT2D eigenvalue weighted by molar-refractivity contribution is 6.26. The number of unbranched alkanes of at least 4 members (excludes halogenated alkanes) is 2. The Bertz CT molecular complexity index is 2140. The van der Waals surface area contributed by atoms with Crippen LogP contribution in [-0.4, -0.2) is 79.0 Å². The van der Waals surface area contributed by atoms with Crippen molar-refractivity contribution in [3.63, 3.8) is 0 Å². The zero-order valence-electron chi connectivity index (χ0n) is 34.6. The molecule has 3 aliphatic rings. The first kappa shape index (κ1) is 42.1. The highest BCUT2D eigenvalue weighted by atomic mass is 19.1. The van der Waals surface area contributed by atoms with Gasteiger partial charge in [0.15, 0.2) is 23.4 Å². The number of anilines is 1. The number of benzene rings is 3. The molecule has 12 nitrogen and oxygen atoms in total. The largest absolute Gasteiger partial charge is 0.507 e. The van der Waals surface area contributed by atoms with E-state index in [2.05, 4.69) is 5.16 Å². The number of ketones is 2. The van der Waals surface area contributed by atoms with Gasteiger partial charge in [-0.25, -0.2) is 4.39 Å². The van der Waals surface area contributed by atoms with Crippen LogP contribution in [0.3, 0.4) is 0 Å². The molecule has 0 bridgehead atoms. The third-order valence-corrected chi connectivity index (χ3v) is 11.9. The second-order valence-electron chi connectivity index (χ2n) is 15.9. The fourth-order valence-corrected chi connectivity index (χ4v) is 9.07. The van der Waals surface area contributed by atoms with E-state index in [0.29, 0.717) is 25.9 Å². The fourth-order valence-electron chi connectivity index (χ4n) is 9.07. The molecule has 3 aromatic carbocycles. The molecule has 0 amide bonds. The van der Waals surface area contributed by atoms with Crippen LogP contribution in [0, 0.1) is 17.7 Å². The summed E-state index contributed by atoms with van der Waals surface area (Å²) >= 11 is 0. The minimum atomic E-state index is -2.61. The summed E-state index contributed by atoms with van der Waals surface area (Å²) in [4.78, 5) is 33.4. The van der Waals surface area contributed by atoms with Crippen LogP contribution < -0.4 is 14.4 Å². The van der Waals surface area contributed by atoms with E-state index < -0.39 is 52.9 Å². The third-order valence-electron chi connectivity index (χ3n) is 11.9. The van der Waals surface area contributed by atoms with E-state index in [-0.39, 0.29) is 77.0 Å². The summed E-state index contributed by atoms with van der Waals surface area (Å²) in [5, 5.41) is 29.3. The van der Waals surface area contributed by atoms with Crippen molar-refractivity contribution in [3.05, 3.63) is 111 Å². The lowest BCUT2D eigenvalue weighted by Crippen LogP contribution is -2.63. The van der Waals surface area contributed by atoms with Crippen LogP contribution in [0.15, 0.2) is 70.8 Å². The molecule has 0 spiro atoms. The normalized spacial score (nSPS) is 21.0. The average molecular weight is 812 g/mol. The molecule has 0 saturated heterocycles. The number of carbonyl (C=O) groups excluding carboxylic acids is 2. The number of hydrogen-bond donors (Lipinski definition) is 2. The summed E-state index contributed by atoms with van der Waals surface area (Å²) in [6.45, 7) is 5.08. The van der Waals surface area contributed by atoms with Gasteiger partial charge in [-0.15, -0.1) is 0 Å². The number of methoxy groups -OCH3 is 2. The number of ether oxygens (including phenoxy) is 4. The molecular formula is C46H54FN3O9. The van der Waals surface area contributed by atoms with E-state index in [0.717, 1.165) is 24.0 Å². The SMILES string of the molecule is CCCCOc1noc2c1C(=O)[C@@]1(O)C(=O)C3=C(O)c4c(c(F)c(C(OC)OC)c(N(Cc5ccccc5)Cc5ccccc5)c4OCCCC)C[C@H]3C[C@H]1[C@@H]2N(C)C. The Balaban J connectivity index is 1.46. The molecule has 0 unspecified atom stereocenters. The van der Waals surface area contributed by atoms with Crippen molar-refractivity contribution < 1.29 is 47.7 Å². The highest BCUT2D eigenvalue weighted by Crippen LogP contribution is 2.58. The summed E-state index contributed by atoms with van der Waals surface area (Å²) in [5.41, 5.74) is -0.513. The monoisotopic (exact) mass is 811 g/mol. The van der Waals surface area contributed by atoms with Crippen molar-refractivity contribution in [3.8, 4) is 11.6 Å². The zero-order valence-corrected chi connectivity index (χ0v) is 34.6. The van der Waals surface area contributed by atoms with Crippen molar-refractivity contribution in [1.29, 1.82) is 0 Å². The van der Waals surface area contributed by atoms with Gasteiger partial charge in [0.05, 0.1) is 36.1 Å². The number of fused-ring (bicyclic) bond motifs is 4. The molecule has 1 heterocycles. The van der Waals surface area contributed by atoms with E-state index in [9.17, 15) is 15.0 Å². The van der Waals surface area contributed by atoms with Gasteiger partial charge in [0, 0.05) is 44.4 Å². The minimum absolute atomic E-state index is 0.00208. The van der Waals surface area contributed by atoms with Gasteiger partial charge >= 0.3 is 0 Å². The Morgan fingerprint density at radius 2 is 1.49 bits per heavy atom. The molecule has 0 radical (unpaired) electrons. The average Bonchev–Trinajstić information content (AvgIpc) is 3.64. The van der Waals surface area contributed by atoms with E-state index in [1.54, 1.807) is 19.0 Å². The molecule has 7 rings (SSSR count). The maximum Gasteiger partial charge on any atom is 0.265 e. The van der Waals surface area contributed by atoms with Crippen LogP contribution in [-0.2, 0) is 33.8 Å². The van der Waals surface area contributed by atoms with Crippen molar-refractivity contribution in [2.45, 2.75) is 83.4 Å². The lowest BCUT2D eigenvalue weighted by atomic mass is 9.57. The molecule has 4 aromatic rings. The first-order valence-electron chi connectivity index (χ1n) is 20.4. The fraction of sp³-hybridized carbons (Fsp3) is 0.457. The van der Waals surface area contributed by atoms with Gasteiger partial charge in [0.25, 0.3) is 5.88 Å². The minimum Gasteiger partial charge on any atom is -0.507 e. The Kier molecular flexibility index (Phi) is 12.6. The van der Waals surface area contributed by atoms with Crippen molar-refractivity contribution >= 4 is 23.0 Å². The summed E-state index contributed by atoms with van der Waals surface area (Å²) in [6, 6.07) is 18.7. The van der Waals surface area contributed by atoms with Crippen LogP contribution in [0.25, 0.3) is 5.76 Å². The van der Waals surface area contributed by atoms with Crippen LogP contribution in [0.1, 0.15) is 102 Å². The molecule has 314 valence electrons. The molecular weight excluding hydrogens is 758 g/mol. The predicted molar refractivity (Wildman–Crippen MR) is 219 cm³/mol. The molecule has 59 heavy (non-hydrogen) atoms. The Labute approximate surface area is 344 Å². The number of hydrogen-bond acceptors (Lipinski definition) is 12. The highest BCUT2D eigenvalue weighted by Gasteiger charge is 2.65. The smallest absolute Gasteiger partial charge is 0.265 e. The standard InChI is InChI=1S/C46H54FN3O9/c1-7-9-21-57-40-33-30(36(47)34(45(55-5)56-6)38(40)50(25-27-17-13-11-14-18-27)26-28-19-15-12-16-20-28)23-29-24-31-37(49(3)4)41-35(44(48-59-41)58-22-10-8-2)43(53)46(31,54)42(52)32(29)39(33)51/h11-20,29,31,37,45,51,54H,7-10,21-26H2,1-6H3/t29-,31-,37-,46-/m0/s1.